The molecule has 2 rings (SSSR count). The highest BCUT2D eigenvalue weighted by Crippen LogP contribution is 2.29. The molecule has 0 spiro atoms. The smallest absolute Gasteiger partial charge is 0.492 e. The molecule has 0 saturated heterocycles. The average molecular weight is 267 g/mol. The molecule has 5 nitrogen and oxygen atoms in total. The van der Waals surface area contributed by atoms with E-state index in [4.69, 9.17) is 20.2 Å². The number of rotatable bonds is 4. The lowest BCUT2D eigenvalue weighted by atomic mass is 9.77. The number of aliphatic hydroxyl groups is 1. The Labute approximate surface area is 114 Å². The van der Waals surface area contributed by atoms with Crippen molar-refractivity contribution in [2.75, 3.05) is 19.8 Å². The van der Waals surface area contributed by atoms with Crippen LogP contribution < -0.4 is 15.9 Å². The van der Waals surface area contributed by atoms with Crippen molar-refractivity contribution in [3.05, 3.63) is 23.3 Å². The van der Waals surface area contributed by atoms with Crippen molar-refractivity contribution in [3.8, 4) is 5.75 Å². The lowest BCUT2D eigenvalue weighted by Gasteiger charge is -2.13. The zero-order valence-electron chi connectivity index (χ0n) is 11.7. The maximum Gasteiger partial charge on any atom is 0.495 e. The van der Waals surface area contributed by atoms with E-state index in [2.05, 4.69) is 0 Å². The lowest BCUT2D eigenvalue weighted by molar-refractivity contribution is 0.196. The van der Waals surface area contributed by atoms with E-state index in [0.717, 1.165) is 11.1 Å². The van der Waals surface area contributed by atoms with Gasteiger partial charge in [0.25, 0.3) is 0 Å². The molecule has 106 valence electrons. The zero-order chi connectivity index (χ0) is 14.4. The lowest BCUT2D eigenvalue weighted by Crippen LogP contribution is -2.30. The largest absolute Gasteiger partial charge is 0.495 e. The molecule has 0 aromatic heterocycles. The Bertz CT molecular complexity index is 414. The van der Waals surface area contributed by atoms with Crippen LogP contribution in [0.15, 0.2) is 12.1 Å². The van der Waals surface area contributed by atoms with Gasteiger partial charge in [0, 0.05) is 12.0 Å². The second-order valence-corrected chi connectivity index (χ2v) is 3.99. The van der Waals surface area contributed by atoms with Crippen molar-refractivity contribution in [2.24, 2.45) is 5.73 Å². The average Bonchev–Trinajstić information content (AvgIpc) is 2.79. The van der Waals surface area contributed by atoms with Crippen molar-refractivity contribution in [1.29, 1.82) is 0 Å². The summed E-state index contributed by atoms with van der Waals surface area (Å²) in [6, 6.07) is 3.67. The summed E-state index contributed by atoms with van der Waals surface area (Å²) in [5.74, 6) is 0.545. The number of fused-ring (bicyclic) bond motifs is 1. The SMILES string of the molecule is CC.Cc1ccc(OCCO)c2c1[C@@H](CN)OB2O. The third-order valence-electron chi connectivity index (χ3n) is 2.89. The number of hydrogen-bond acceptors (Lipinski definition) is 5. The quantitative estimate of drug-likeness (QED) is 0.674. The van der Waals surface area contributed by atoms with Gasteiger partial charge in [-0.2, -0.15) is 0 Å². The summed E-state index contributed by atoms with van der Waals surface area (Å²) in [6.45, 7) is 6.38. The standard InChI is InChI=1S/C11H16BNO4.C2H6/c1-7-2-3-8(16-5-4-14)11-10(7)9(6-13)17-12(11)15;1-2/h2-3,9,14-15H,4-6,13H2,1H3;1-2H3/t9-;/m1./s1. The van der Waals surface area contributed by atoms with E-state index in [1.54, 1.807) is 6.07 Å². The maximum atomic E-state index is 9.87. The minimum Gasteiger partial charge on any atom is -0.492 e. The van der Waals surface area contributed by atoms with Gasteiger partial charge in [0.1, 0.15) is 12.4 Å². The van der Waals surface area contributed by atoms with Gasteiger partial charge in [-0.15, -0.1) is 0 Å². The third-order valence-corrected chi connectivity index (χ3v) is 2.89. The Hall–Kier alpha value is -1.08. The van der Waals surface area contributed by atoms with Gasteiger partial charge in [-0.1, -0.05) is 19.9 Å². The normalized spacial score (nSPS) is 16.7. The zero-order valence-corrected chi connectivity index (χ0v) is 11.7. The predicted molar refractivity (Wildman–Crippen MR) is 75.6 cm³/mol. The molecular formula is C13H22BNO4. The molecule has 0 fully saturated rings. The number of aryl methyl sites for hydroxylation is 1. The first-order valence-corrected chi connectivity index (χ1v) is 6.59. The van der Waals surface area contributed by atoms with Crippen LogP contribution in [-0.4, -0.2) is 37.0 Å². The molecule has 19 heavy (non-hydrogen) atoms. The first-order chi connectivity index (χ1) is 9.19. The first kappa shape index (κ1) is 16.0. The second kappa shape index (κ2) is 7.50. The Kier molecular flexibility index (Phi) is 6.31. The van der Waals surface area contributed by atoms with Crippen molar-refractivity contribution in [1.82, 2.24) is 0 Å². The summed E-state index contributed by atoms with van der Waals surface area (Å²) in [5, 5.41) is 18.6. The minimum absolute atomic E-state index is 0.0695. The highest BCUT2D eigenvalue weighted by molar-refractivity contribution is 6.63. The molecule has 4 N–H and O–H groups in total. The Balaban J connectivity index is 0.000000861. The summed E-state index contributed by atoms with van der Waals surface area (Å²) in [7, 11) is -1.01. The molecule has 1 aliphatic heterocycles. The fraction of sp³-hybridized carbons (Fsp3) is 0.538. The van der Waals surface area contributed by atoms with E-state index < -0.39 is 7.12 Å². The van der Waals surface area contributed by atoms with Gasteiger partial charge in [0.2, 0.25) is 0 Å². The number of aliphatic hydroxyl groups excluding tert-OH is 1. The Morgan fingerprint density at radius 2 is 2.11 bits per heavy atom. The molecule has 1 aromatic rings. The summed E-state index contributed by atoms with van der Waals surface area (Å²) in [5.41, 5.74) is 8.16. The Morgan fingerprint density at radius 3 is 2.68 bits per heavy atom. The van der Waals surface area contributed by atoms with Crippen molar-refractivity contribution < 1.29 is 19.5 Å². The summed E-state index contributed by atoms with van der Waals surface area (Å²) in [4.78, 5) is 0. The van der Waals surface area contributed by atoms with Gasteiger partial charge in [0.15, 0.2) is 0 Å². The number of ether oxygens (including phenoxy) is 1. The van der Waals surface area contributed by atoms with Gasteiger partial charge >= 0.3 is 7.12 Å². The van der Waals surface area contributed by atoms with E-state index >= 15 is 0 Å². The van der Waals surface area contributed by atoms with Crippen LogP contribution in [0, 0.1) is 6.92 Å². The third kappa shape index (κ3) is 3.28. The van der Waals surface area contributed by atoms with E-state index in [0.29, 0.717) is 17.8 Å². The molecule has 1 aromatic carbocycles. The van der Waals surface area contributed by atoms with E-state index in [1.807, 2.05) is 26.8 Å². The van der Waals surface area contributed by atoms with Crippen LogP contribution in [0.3, 0.4) is 0 Å². The van der Waals surface area contributed by atoms with E-state index in [9.17, 15) is 5.02 Å². The summed E-state index contributed by atoms with van der Waals surface area (Å²) >= 11 is 0. The molecule has 0 radical (unpaired) electrons. The first-order valence-electron chi connectivity index (χ1n) is 6.59. The van der Waals surface area contributed by atoms with Crippen LogP contribution in [0.25, 0.3) is 0 Å². The molecule has 1 atom stereocenters. The molecule has 0 unspecified atom stereocenters. The van der Waals surface area contributed by atoms with Crippen molar-refractivity contribution in [3.63, 3.8) is 0 Å². The fourth-order valence-corrected chi connectivity index (χ4v) is 2.15. The molecule has 0 bridgehead atoms. The van der Waals surface area contributed by atoms with Crippen LogP contribution in [0.1, 0.15) is 31.1 Å². The van der Waals surface area contributed by atoms with Gasteiger partial charge in [-0.25, -0.2) is 0 Å². The molecule has 0 saturated carbocycles. The maximum absolute atomic E-state index is 9.87. The van der Waals surface area contributed by atoms with Crippen molar-refractivity contribution >= 4 is 12.6 Å². The van der Waals surface area contributed by atoms with Crippen LogP contribution in [-0.2, 0) is 4.65 Å². The van der Waals surface area contributed by atoms with Crippen LogP contribution in [0.4, 0.5) is 0 Å². The molecule has 1 heterocycles. The van der Waals surface area contributed by atoms with Crippen molar-refractivity contribution in [2.45, 2.75) is 26.9 Å². The van der Waals surface area contributed by atoms with E-state index in [1.165, 1.54) is 0 Å². The second-order valence-electron chi connectivity index (χ2n) is 3.99. The summed E-state index contributed by atoms with van der Waals surface area (Å²) < 4.78 is 10.8. The molecule has 0 aliphatic carbocycles. The van der Waals surface area contributed by atoms with Gasteiger partial charge in [-0.05, 0) is 24.1 Å². The highest BCUT2D eigenvalue weighted by atomic mass is 16.5. The van der Waals surface area contributed by atoms with Crippen LogP contribution >= 0.6 is 0 Å². The van der Waals surface area contributed by atoms with Gasteiger partial charge in [0.05, 0.1) is 12.7 Å². The molecule has 0 amide bonds. The molecule has 6 heteroatoms. The molecule has 1 aliphatic rings. The van der Waals surface area contributed by atoms with Gasteiger partial charge in [-0.3, -0.25) is 0 Å². The summed E-state index contributed by atoms with van der Waals surface area (Å²) in [6.07, 6.45) is -0.294. The van der Waals surface area contributed by atoms with Crippen LogP contribution in [0.5, 0.6) is 5.75 Å². The Morgan fingerprint density at radius 1 is 1.42 bits per heavy atom. The minimum atomic E-state index is -1.01. The predicted octanol–water partition coefficient (Wildman–Crippen LogP) is 0.110. The fourth-order valence-electron chi connectivity index (χ4n) is 2.15. The molecular weight excluding hydrogens is 245 g/mol. The van der Waals surface area contributed by atoms with Gasteiger partial charge < -0.3 is 25.3 Å². The topological polar surface area (TPSA) is 84.9 Å². The number of benzene rings is 1. The highest BCUT2D eigenvalue weighted by Gasteiger charge is 2.38. The van der Waals surface area contributed by atoms with E-state index in [-0.39, 0.29) is 19.3 Å². The monoisotopic (exact) mass is 267 g/mol. The van der Waals surface area contributed by atoms with Crippen LogP contribution in [0.2, 0.25) is 0 Å². The number of hydrogen-bond donors (Lipinski definition) is 3. The number of nitrogens with two attached hydrogens (primary N) is 1.